The Hall–Kier alpha value is -1.57. The number of rotatable bonds is 7. The molecule has 1 aromatic rings. The van der Waals surface area contributed by atoms with Crippen LogP contribution in [0.2, 0.25) is 0 Å². The molecule has 23 heavy (non-hydrogen) atoms. The number of hydrogen-bond acceptors (Lipinski definition) is 5. The Morgan fingerprint density at radius 1 is 1.30 bits per heavy atom. The second-order valence-electron chi connectivity index (χ2n) is 5.20. The van der Waals surface area contributed by atoms with E-state index in [4.69, 9.17) is 4.74 Å². The number of nitrogens with one attached hydrogen (secondary N) is 2. The zero-order valence-electron chi connectivity index (χ0n) is 13.3. The lowest BCUT2D eigenvalue weighted by Crippen LogP contribution is -2.37. The van der Waals surface area contributed by atoms with Crippen molar-refractivity contribution < 1.29 is 14.3 Å². The van der Waals surface area contributed by atoms with Gasteiger partial charge in [-0.1, -0.05) is 6.07 Å². The molecule has 1 saturated heterocycles. The molecule has 1 fully saturated rings. The number of nitrogens with zero attached hydrogens (tertiary/aromatic N) is 1. The first kappa shape index (κ1) is 17.8. The summed E-state index contributed by atoms with van der Waals surface area (Å²) < 4.78 is 4.90. The summed E-state index contributed by atoms with van der Waals surface area (Å²) >= 11 is 1.87. The molecule has 1 heterocycles. The summed E-state index contributed by atoms with van der Waals surface area (Å²) in [5.41, 5.74) is 1.25. The highest BCUT2D eigenvalue weighted by molar-refractivity contribution is 7.99. The molecule has 0 bridgehead atoms. The lowest BCUT2D eigenvalue weighted by molar-refractivity contribution is -0.115. The van der Waals surface area contributed by atoms with E-state index in [0.29, 0.717) is 24.4 Å². The van der Waals surface area contributed by atoms with Crippen molar-refractivity contribution in [3.8, 4) is 0 Å². The lowest BCUT2D eigenvalue weighted by atomic mass is 10.1. The van der Waals surface area contributed by atoms with Crippen LogP contribution in [0.1, 0.15) is 10.4 Å². The van der Waals surface area contributed by atoms with Gasteiger partial charge in [-0.2, -0.15) is 11.8 Å². The first-order valence-electron chi connectivity index (χ1n) is 7.67. The minimum atomic E-state index is -0.139. The Labute approximate surface area is 140 Å². The second kappa shape index (κ2) is 9.54. The highest BCUT2D eigenvalue weighted by Crippen LogP contribution is 2.16. The van der Waals surface area contributed by atoms with Crippen LogP contribution >= 0.6 is 11.8 Å². The van der Waals surface area contributed by atoms with Crippen LogP contribution in [0, 0.1) is 0 Å². The van der Waals surface area contributed by atoms with E-state index in [1.54, 1.807) is 31.4 Å². The maximum absolute atomic E-state index is 12.5. The molecule has 2 amide bonds. The first-order chi connectivity index (χ1) is 11.2. The molecule has 0 aromatic heterocycles. The summed E-state index contributed by atoms with van der Waals surface area (Å²) in [5, 5.41) is 5.78. The molecule has 1 aromatic carbocycles. The van der Waals surface area contributed by atoms with E-state index in [1.165, 1.54) is 0 Å². The maximum atomic E-state index is 12.5. The quantitative estimate of drug-likeness (QED) is 0.728. The smallest absolute Gasteiger partial charge is 0.253 e. The molecule has 1 aliphatic heterocycles. The lowest BCUT2D eigenvalue weighted by Gasteiger charge is -2.26. The number of hydrogen-bond donors (Lipinski definition) is 2. The second-order valence-corrected chi connectivity index (χ2v) is 6.43. The largest absolute Gasteiger partial charge is 0.383 e. The molecule has 2 rings (SSSR count). The summed E-state index contributed by atoms with van der Waals surface area (Å²) in [6.07, 6.45) is 0. The Morgan fingerprint density at radius 2 is 2.09 bits per heavy atom. The van der Waals surface area contributed by atoms with Gasteiger partial charge < -0.3 is 20.3 Å². The number of ether oxygens (including phenoxy) is 1. The molecule has 0 saturated carbocycles. The fourth-order valence-corrected chi connectivity index (χ4v) is 3.16. The van der Waals surface area contributed by atoms with E-state index in [2.05, 4.69) is 10.6 Å². The molecule has 2 N–H and O–H groups in total. The summed E-state index contributed by atoms with van der Waals surface area (Å²) in [5.74, 6) is 1.85. The van der Waals surface area contributed by atoms with Crippen molar-refractivity contribution in [1.82, 2.24) is 10.2 Å². The first-order valence-corrected chi connectivity index (χ1v) is 8.83. The van der Waals surface area contributed by atoms with E-state index in [9.17, 15) is 9.59 Å². The summed E-state index contributed by atoms with van der Waals surface area (Å²) in [6, 6.07) is 7.10. The van der Waals surface area contributed by atoms with Crippen molar-refractivity contribution in [3.05, 3.63) is 29.8 Å². The van der Waals surface area contributed by atoms with Crippen molar-refractivity contribution in [2.75, 3.05) is 56.7 Å². The number of benzene rings is 1. The average molecular weight is 337 g/mol. The fraction of sp³-hybridized carbons (Fsp3) is 0.500. The maximum Gasteiger partial charge on any atom is 0.253 e. The van der Waals surface area contributed by atoms with Crippen LogP contribution in [-0.4, -0.2) is 68.1 Å². The number of anilines is 1. The van der Waals surface area contributed by atoms with Gasteiger partial charge in [-0.3, -0.25) is 9.59 Å². The SMILES string of the molecule is COCCNCC(=O)Nc1cccc(C(=O)N2CCSCC2)c1. The number of carbonyl (C=O) groups is 2. The topological polar surface area (TPSA) is 70.7 Å². The highest BCUT2D eigenvalue weighted by Gasteiger charge is 2.18. The third kappa shape index (κ3) is 5.85. The van der Waals surface area contributed by atoms with Crippen LogP contribution in [0.15, 0.2) is 24.3 Å². The van der Waals surface area contributed by atoms with Crippen molar-refractivity contribution in [2.24, 2.45) is 0 Å². The van der Waals surface area contributed by atoms with Gasteiger partial charge in [0, 0.05) is 49.5 Å². The van der Waals surface area contributed by atoms with Crippen molar-refractivity contribution >= 4 is 29.3 Å². The van der Waals surface area contributed by atoms with Crippen LogP contribution in [0.4, 0.5) is 5.69 Å². The van der Waals surface area contributed by atoms with Gasteiger partial charge in [0.1, 0.15) is 0 Å². The van der Waals surface area contributed by atoms with Crippen molar-refractivity contribution in [2.45, 2.75) is 0 Å². The molecule has 1 aliphatic rings. The van der Waals surface area contributed by atoms with Gasteiger partial charge in [0.2, 0.25) is 5.91 Å². The molecule has 6 nitrogen and oxygen atoms in total. The molecule has 7 heteroatoms. The number of carbonyl (C=O) groups excluding carboxylic acids is 2. The Bertz CT molecular complexity index is 533. The predicted molar refractivity (Wildman–Crippen MR) is 93.0 cm³/mol. The van der Waals surface area contributed by atoms with E-state index in [1.807, 2.05) is 16.7 Å². The molecule has 0 spiro atoms. The molecule has 126 valence electrons. The molecule has 0 aliphatic carbocycles. The summed E-state index contributed by atoms with van der Waals surface area (Å²) in [6.45, 7) is 2.96. The summed E-state index contributed by atoms with van der Waals surface area (Å²) in [7, 11) is 1.62. The minimum absolute atomic E-state index is 0.0274. The van der Waals surface area contributed by atoms with Crippen molar-refractivity contribution in [3.63, 3.8) is 0 Å². The Kier molecular flexibility index (Phi) is 7.38. The zero-order valence-corrected chi connectivity index (χ0v) is 14.2. The standard InChI is InChI=1S/C16H23N3O3S/c1-22-8-5-17-12-15(20)18-14-4-2-3-13(11-14)16(21)19-6-9-23-10-7-19/h2-4,11,17H,5-10,12H2,1H3,(H,18,20). The van der Waals surface area contributed by atoms with Crippen molar-refractivity contribution in [1.29, 1.82) is 0 Å². The van der Waals surface area contributed by atoms with E-state index in [0.717, 1.165) is 24.6 Å². The average Bonchev–Trinajstić information content (AvgIpc) is 2.59. The van der Waals surface area contributed by atoms with Gasteiger partial charge in [-0.15, -0.1) is 0 Å². The number of methoxy groups -OCH3 is 1. The zero-order chi connectivity index (χ0) is 16.5. The third-order valence-electron chi connectivity index (χ3n) is 3.46. The number of amides is 2. The van der Waals surface area contributed by atoms with Crippen LogP contribution in [0.25, 0.3) is 0 Å². The molecule has 0 atom stereocenters. The molecular formula is C16H23N3O3S. The van der Waals surface area contributed by atoms with Gasteiger partial charge in [0.05, 0.1) is 13.2 Å². The highest BCUT2D eigenvalue weighted by atomic mass is 32.2. The van der Waals surface area contributed by atoms with E-state index < -0.39 is 0 Å². The summed E-state index contributed by atoms with van der Waals surface area (Å²) in [4.78, 5) is 26.2. The van der Waals surface area contributed by atoms with Gasteiger partial charge in [-0.05, 0) is 18.2 Å². The van der Waals surface area contributed by atoms with Crippen LogP contribution in [0.5, 0.6) is 0 Å². The Morgan fingerprint density at radius 3 is 2.83 bits per heavy atom. The van der Waals surface area contributed by atoms with E-state index >= 15 is 0 Å². The monoisotopic (exact) mass is 337 g/mol. The predicted octanol–water partition coefficient (Wildman–Crippen LogP) is 1.05. The Balaban J connectivity index is 1.88. The van der Waals surface area contributed by atoms with Gasteiger partial charge >= 0.3 is 0 Å². The van der Waals surface area contributed by atoms with Gasteiger partial charge in [0.15, 0.2) is 0 Å². The molecular weight excluding hydrogens is 314 g/mol. The molecule has 0 unspecified atom stereocenters. The molecule has 0 radical (unpaired) electrons. The minimum Gasteiger partial charge on any atom is -0.383 e. The van der Waals surface area contributed by atoms with Crippen LogP contribution in [-0.2, 0) is 9.53 Å². The normalized spacial score (nSPS) is 14.6. The van der Waals surface area contributed by atoms with Gasteiger partial charge in [0.25, 0.3) is 5.91 Å². The van der Waals surface area contributed by atoms with Crippen LogP contribution < -0.4 is 10.6 Å². The third-order valence-corrected chi connectivity index (χ3v) is 4.40. The van der Waals surface area contributed by atoms with Crippen LogP contribution in [0.3, 0.4) is 0 Å². The fourth-order valence-electron chi connectivity index (χ4n) is 2.26. The van der Waals surface area contributed by atoms with E-state index in [-0.39, 0.29) is 18.4 Å². The van der Waals surface area contributed by atoms with Gasteiger partial charge in [-0.25, -0.2) is 0 Å². The number of thioether (sulfide) groups is 1.